The van der Waals surface area contributed by atoms with Crippen molar-refractivity contribution in [2.45, 2.75) is 11.8 Å². The molecule has 0 radical (unpaired) electrons. The molecule has 0 spiro atoms. The summed E-state index contributed by atoms with van der Waals surface area (Å²) in [6.45, 7) is 1.24. The number of aliphatic hydroxyl groups excluding tert-OH is 1. The van der Waals surface area contributed by atoms with E-state index in [2.05, 4.69) is 15.2 Å². The summed E-state index contributed by atoms with van der Waals surface area (Å²) in [5.74, 6) is -1.34. The van der Waals surface area contributed by atoms with Crippen LogP contribution >= 0.6 is 10.9 Å². The van der Waals surface area contributed by atoms with Crippen LogP contribution in [0.3, 0.4) is 0 Å². The first-order valence-electron chi connectivity index (χ1n) is 6.21. The average Bonchev–Trinajstić information content (AvgIpc) is 2.45. The number of carbonyl (C=O) groups excluding carboxylic acids is 1. The predicted molar refractivity (Wildman–Crippen MR) is 84.5 cm³/mol. The predicted octanol–water partition coefficient (Wildman–Crippen LogP) is 3.18. The third-order valence-electron chi connectivity index (χ3n) is 2.84. The lowest BCUT2D eigenvalue weighted by Gasteiger charge is -2.21. The lowest BCUT2D eigenvalue weighted by molar-refractivity contribution is -0.114. The molecule has 0 saturated carbocycles. The Morgan fingerprint density at radius 1 is 1.26 bits per heavy atom. The van der Waals surface area contributed by atoms with Crippen molar-refractivity contribution >= 4 is 33.4 Å². The Hall–Kier alpha value is -2.53. The zero-order valence-electron chi connectivity index (χ0n) is 11.9. The molecule has 1 amide bonds. The summed E-state index contributed by atoms with van der Waals surface area (Å²) >= 11 is 0. The normalized spacial score (nSPS) is 14.1. The van der Waals surface area contributed by atoms with Gasteiger partial charge in [-0.1, -0.05) is 0 Å². The molecule has 0 aliphatic heterocycles. The van der Waals surface area contributed by atoms with Gasteiger partial charge in [0.15, 0.2) is 5.70 Å². The fraction of sp³-hybridized carbons (Fsp3) is 0.0769. The quantitative estimate of drug-likeness (QED) is 0.326. The number of benzene rings is 1. The van der Waals surface area contributed by atoms with Crippen LogP contribution in [0.15, 0.2) is 57.0 Å². The monoisotopic (exact) mass is 338 g/mol. The second kappa shape index (κ2) is 6.30. The molecule has 0 saturated heterocycles. The Balaban J connectivity index is 2.61. The van der Waals surface area contributed by atoms with Crippen LogP contribution in [-0.4, -0.2) is 29.7 Å². The van der Waals surface area contributed by atoms with Gasteiger partial charge in [-0.2, -0.15) is 0 Å². The highest BCUT2D eigenvalue weighted by molar-refractivity contribution is 8.19. The Bertz CT molecular complexity index is 825. The van der Waals surface area contributed by atoms with Crippen molar-refractivity contribution < 1.29 is 23.6 Å². The van der Waals surface area contributed by atoms with E-state index in [0.717, 1.165) is 0 Å². The number of nitrogens with two attached hydrogens (primary N) is 1. The second-order valence-electron chi connectivity index (χ2n) is 4.50. The summed E-state index contributed by atoms with van der Waals surface area (Å²) in [4.78, 5) is 15.1. The summed E-state index contributed by atoms with van der Waals surface area (Å²) in [6.07, 6.45) is 1.44. The fourth-order valence-electron chi connectivity index (χ4n) is 1.85. The largest absolute Gasteiger partial charge is 0.510 e. The SMILES string of the molecule is CC(O)=C(N=Nc1ccc(S(O)(O)O)c2cccnc12)C(N)=O. The number of nitrogens with zero attached hydrogens (tertiary/aromatic N) is 3. The van der Waals surface area contributed by atoms with Gasteiger partial charge in [0.25, 0.3) is 5.91 Å². The van der Waals surface area contributed by atoms with Gasteiger partial charge in [0, 0.05) is 11.6 Å². The van der Waals surface area contributed by atoms with Gasteiger partial charge in [0.1, 0.15) is 22.3 Å². The first-order valence-corrected chi connectivity index (χ1v) is 7.72. The maximum absolute atomic E-state index is 11.2. The molecule has 0 aliphatic rings. The molecule has 23 heavy (non-hydrogen) atoms. The molecule has 2 aromatic rings. The highest BCUT2D eigenvalue weighted by Crippen LogP contribution is 2.48. The first kappa shape index (κ1) is 16.8. The fourth-order valence-corrected chi connectivity index (χ4v) is 2.57. The zero-order valence-corrected chi connectivity index (χ0v) is 12.7. The van der Waals surface area contributed by atoms with Gasteiger partial charge in [-0.25, -0.2) is 0 Å². The van der Waals surface area contributed by atoms with Crippen molar-refractivity contribution in [3.8, 4) is 0 Å². The van der Waals surface area contributed by atoms with Crippen LogP contribution in [0.5, 0.6) is 0 Å². The van der Waals surface area contributed by atoms with Crippen molar-refractivity contribution in [3.63, 3.8) is 0 Å². The van der Waals surface area contributed by atoms with Crippen LogP contribution < -0.4 is 5.73 Å². The number of primary amides is 1. The maximum Gasteiger partial charge on any atom is 0.272 e. The van der Waals surface area contributed by atoms with Gasteiger partial charge in [0.05, 0.1) is 10.4 Å². The standard InChI is InChI=1S/C13H14N4O5S/c1-7(18)11(13(14)19)17-16-9-4-5-10(23(20,21)22)8-3-2-6-15-12(8)9/h2-6,18,20-22H,1H3,(H2,14,19). The van der Waals surface area contributed by atoms with Gasteiger partial charge >= 0.3 is 0 Å². The smallest absolute Gasteiger partial charge is 0.272 e. The van der Waals surface area contributed by atoms with Gasteiger partial charge in [0.2, 0.25) is 0 Å². The van der Waals surface area contributed by atoms with Gasteiger partial charge in [-0.05, 0) is 31.2 Å². The number of azo groups is 1. The molecule has 1 aromatic heterocycles. The Morgan fingerprint density at radius 2 is 1.96 bits per heavy atom. The van der Waals surface area contributed by atoms with Crippen LogP contribution in [0.2, 0.25) is 0 Å². The highest BCUT2D eigenvalue weighted by Gasteiger charge is 2.20. The summed E-state index contributed by atoms with van der Waals surface area (Å²) < 4.78 is 28.4. The van der Waals surface area contributed by atoms with Gasteiger partial charge in [-0.3, -0.25) is 9.78 Å². The van der Waals surface area contributed by atoms with E-state index >= 15 is 0 Å². The number of rotatable bonds is 4. The molecular weight excluding hydrogens is 324 g/mol. The number of fused-ring (bicyclic) bond motifs is 1. The van der Waals surface area contributed by atoms with E-state index in [9.17, 15) is 23.6 Å². The van der Waals surface area contributed by atoms with E-state index in [4.69, 9.17) is 5.73 Å². The number of aliphatic hydroxyl groups is 1. The van der Waals surface area contributed by atoms with Crippen molar-refractivity contribution in [2.75, 3.05) is 0 Å². The van der Waals surface area contributed by atoms with Crippen LogP contribution in [0.25, 0.3) is 10.9 Å². The Morgan fingerprint density at radius 3 is 2.52 bits per heavy atom. The van der Waals surface area contributed by atoms with Crippen LogP contribution in [0, 0.1) is 0 Å². The number of hydrogen-bond acceptors (Lipinski definition) is 8. The third-order valence-corrected chi connectivity index (χ3v) is 3.78. The zero-order chi connectivity index (χ0) is 17.2. The maximum atomic E-state index is 11.2. The van der Waals surface area contributed by atoms with Crippen molar-refractivity contribution in [2.24, 2.45) is 16.0 Å². The summed E-state index contributed by atoms with van der Waals surface area (Å²) in [7, 11) is -3.94. The molecule has 1 heterocycles. The van der Waals surface area contributed by atoms with E-state index in [-0.39, 0.29) is 27.2 Å². The Labute approximate surface area is 132 Å². The molecule has 2 rings (SSSR count). The lowest BCUT2D eigenvalue weighted by Crippen LogP contribution is -2.13. The Kier molecular flexibility index (Phi) is 4.61. The third kappa shape index (κ3) is 3.63. The summed E-state index contributed by atoms with van der Waals surface area (Å²) in [6, 6.07) is 5.66. The minimum Gasteiger partial charge on any atom is -0.510 e. The minimum absolute atomic E-state index is 0.108. The molecule has 0 aliphatic carbocycles. The highest BCUT2D eigenvalue weighted by atomic mass is 32.3. The lowest BCUT2D eigenvalue weighted by atomic mass is 10.2. The summed E-state index contributed by atoms with van der Waals surface area (Å²) in [5, 5.41) is 17.0. The molecule has 0 fully saturated rings. The van der Waals surface area contributed by atoms with E-state index < -0.39 is 22.5 Å². The molecule has 6 N–H and O–H groups in total. The first-order chi connectivity index (χ1) is 10.7. The minimum atomic E-state index is -3.94. The number of aromatic nitrogens is 1. The number of amides is 1. The number of pyridine rings is 1. The van der Waals surface area contributed by atoms with E-state index in [1.807, 2.05) is 0 Å². The molecule has 1 aromatic carbocycles. The van der Waals surface area contributed by atoms with Crippen LogP contribution in [0.1, 0.15) is 6.92 Å². The van der Waals surface area contributed by atoms with E-state index in [0.29, 0.717) is 0 Å². The average molecular weight is 338 g/mol. The van der Waals surface area contributed by atoms with Crippen LogP contribution in [-0.2, 0) is 4.79 Å². The molecule has 122 valence electrons. The number of hydrogen-bond donors (Lipinski definition) is 5. The van der Waals surface area contributed by atoms with Gasteiger partial charge < -0.3 is 24.5 Å². The van der Waals surface area contributed by atoms with Crippen molar-refractivity contribution in [3.05, 3.63) is 41.9 Å². The van der Waals surface area contributed by atoms with Gasteiger partial charge in [-0.15, -0.1) is 10.2 Å². The molecule has 0 bridgehead atoms. The van der Waals surface area contributed by atoms with Crippen molar-refractivity contribution in [1.29, 1.82) is 0 Å². The molecule has 0 atom stereocenters. The van der Waals surface area contributed by atoms with E-state index in [1.165, 1.54) is 31.3 Å². The molecule has 9 nitrogen and oxygen atoms in total. The van der Waals surface area contributed by atoms with Crippen LogP contribution in [0.4, 0.5) is 5.69 Å². The molecule has 0 unspecified atom stereocenters. The number of allylic oxidation sites excluding steroid dienone is 1. The second-order valence-corrected chi connectivity index (χ2v) is 5.98. The number of carbonyl (C=O) groups is 1. The van der Waals surface area contributed by atoms with E-state index in [1.54, 1.807) is 6.07 Å². The molecular formula is C13H14N4O5S. The topological polar surface area (TPSA) is 162 Å². The molecule has 10 heteroatoms. The summed E-state index contributed by atoms with van der Waals surface area (Å²) in [5.41, 5.74) is 5.07. The van der Waals surface area contributed by atoms with Crippen molar-refractivity contribution in [1.82, 2.24) is 4.98 Å².